The predicted octanol–water partition coefficient (Wildman–Crippen LogP) is 3.40. The van der Waals surface area contributed by atoms with Crippen molar-refractivity contribution in [3.05, 3.63) is 23.8 Å². The fourth-order valence-corrected chi connectivity index (χ4v) is 6.36. The summed E-state index contributed by atoms with van der Waals surface area (Å²) in [4.78, 5) is 28.3. The van der Waals surface area contributed by atoms with E-state index in [4.69, 9.17) is 9.47 Å². The summed E-state index contributed by atoms with van der Waals surface area (Å²) in [6, 6.07) is 6.06. The number of thioether (sulfide) groups is 1. The molecule has 3 heterocycles. The molecule has 1 aromatic carbocycles. The zero-order valence-corrected chi connectivity index (χ0v) is 17.5. The van der Waals surface area contributed by atoms with E-state index in [2.05, 4.69) is 5.32 Å². The minimum Gasteiger partial charge on any atom is -0.454 e. The van der Waals surface area contributed by atoms with Crippen molar-refractivity contribution in [2.24, 2.45) is 0 Å². The smallest absolute Gasteiger partial charge is 0.246 e. The van der Waals surface area contributed by atoms with Crippen LogP contribution in [0.15, 0.2) is 18.2 Å². The monoisotopic (exact) mass is 416 g/mol. The second-order valence-corrected chi connectivity index (χ2v) is 9.77. The van der Waals surface area contributed by atoms with Crippen molar-refractivity contribution >= 4 is 23.6 Å². The first-order valence-corrected chi connectivity index (χ1v) is 11.9. The Bertz CT molecular complexity index is 802. The molecule has 29 heavy (non-hydrogen) atoms. The van der Waals surface area contributed by atoms with Crippen LogP contribution in [-0.2, 0) is 9.59 Å². The summed E-state index contributed by atoms with van der Waals surface area (Å²) in [6.45, 7) is 0.233. The Morgan fingerprint density at radius 3 is 2.62 bits per heavy atom. The number of nitrogens with one attached hydrogen (secondary N) is 1. The number of β-lactam (4-membered cyclic amide) rings is 1. The number of carbonyl (C=O) groups is 2. The van der Waals surface area contributed by atoms with Gasteiger partial charge >= 0.3 is 0 Å². The highest BCUT2D eigenvalue weighted by molar-refractivity contribution is 7.99. The van der Waals surface area contributed by atoms with E-state index >= 15 is 0 Å². The normalized spacial score (nSPS) is 26.1. The maximum absolute atomic E-state index is 13.6. The van der Waals surface area contributed by atoms with Gasteiger partial charge in [0.05, 0.1) is 12.5 Å². The van der Waals surface area contributed by atoms with Gasteiger partial charge in [-0.3, -0.25) is 9.59 Å². The molecule has 1 atom stereocenters. The average molecular weight is 417 g/mol. The Morgan fingerprint density at radius 2 is 1.86 bits per heavy atom. The first-order chi connectivity index (χ1) is 14.2. The summed E-state index contributed by atoms with van der Waals surface area (Å²) in [6.07, 6.45) is 7.61. The molecule has 1 aromatic rings. The van der Waals surface area contributed by atoms with Gasteiger partial charge in [-0.05, 0) is 54.9 Å². The molecule has 1 unspecified atom stereocenters. The van der Waals surface area contributed by atoms with E-state index < -0.39 is 5.54 Å². The maximum atomic E-state index is 13.6. The summed E-state index contributed by atoms with van der Waals surface area (Å²) in [5, 5.41) is 3.33. The van der Waals surface area contributed by atoms with E-state index in [1.165, 1.54) is 19.3 Å². The van der Waals surface area contributed by atoms with Crippen LogP contribution in [0.25, 0.3) is 0 Å². The molecule has 0 radical (unpaired) electrons. The molecule has 7 heteroatoms. The zero-order valence-electron chi connectivity index (χ0n) is 16.7. The number of fused-ring (bicyclic) bond motifs is 1. The van der Waals surface area contributed by atoms with Crippen LogP contribution in [0.5, 0.6) is 11.5 Å². The lowest BCUT2D eigenvalue weighted by molar-refractivity contribution is -0.166. The number of nitrogens with zero attached hydrogens (tertiary/aromatic N) is 1. The van der Waals surface area contributed by atoms with E-state index in [1.54, 1.807) is 0 Å². The van der Waals surface area contributed by atoms with Crippen molar-refractivity contribution < 1.29 is 19.1 Å². The van der Waals surface area contributed by atoms with Gasteiger partial charge < -0.3 is 19.7 Å². The van der Waals surface area contributed by atoms with Crippen molar-refractivity contribution in [3.8, 4) is 11.5 Å². The molecule has 2 amide bonds. The number of rotatable bonds is 4. The number of amides is 2. The van der Waals surface area contributed by atoms with Crippen LogP contribution in [0.2, 0.25) is 0 Å². The molecule has 1 aliphatic carbocycles. The lowest BCUT2D eigenvalue weighted by Crippen LogP contribution is -2.68. The summed E-state index contributed by atoms with van der Waals surface area (Å²) < 4.78 is 11.0. The molecule has 4 aliphatic rings. The van der Waals surface area contributed by atoms with E-state index in [0.717, 1.165) is 54.3 Å². The summed E-state index contributed by atoms with van der Waals surface area (Å²) in [5.74, 6) is 3.43. The van der Waals surface area contributed by atoms with Crippen molar-refractivity contribution in [2.45, 2.75) is 69.0 Å². The molecule has 1 N–H and O–H groups in total. The Balaban J connectivity index is 1.41. The standard InChI is InChI=1S/C22H28N2O4S/c25-20-13-17(15-6-7-18-19(12-15)28-14-27-18)24(20)22(8-10-29-11-9-22)21(26)23-16-4-2-1-3-5-16/h6-7,12,16-17H,1-5,8-11,13-14H2,(H,23,26). The van der Waals surface area contributed by atoms with E-state index in [-0.39, 0.29) is 30.7 Å². The summed E-state index contributed by atoms with van der Waals surface area (Å²) >= 11 is 1.87. The minimum atomic E-state index is -0.723. The SMILES string of the molecule is O=C1CC(c2ccc3c(c2)OCO3)N1C1(C(=O)NC2CCCCC2)CCSCC1. The van der Waals surface area contributed by atoms with Crippen molar-refractivity contribution in [1.82, 2.24) is 10.2 Å². The van der Waals surface area contributed by atoms with E-state index in [1.807, 2.05) is 34.9 Å². The van der Waals surface area contributed by atoms with Crippen molar-refractivity contribution in [3.63, 3.8) is 0 Å². The number of benzene rings is 1. The molecule has 6 nitrogen and oxygen atoms in total. The first kappa shape index (κ1) is 19.1. The summed E-state index contributed by atoms with van der Waals surface area (Å²) in [5.41, 5.74) is 0.302. The maximum Gasteiger partial charge on any atom is 0.246 e. The third-order valence-electron chi connectivity index (χ3n) is 6.87. The second kappa shape index (κ2) is 7.74. The van der Waals surface area contributed by atoms with Crippen LogP contribution in [-0.4, -0.2) is 46.6 Å². The van der Waals surface area contributed by atoms with Crippen molar-refractivity contribution in [1.29, 1.82) is 0 Å². The number of ether oxygens (including phenoxy) is 2. The molecular weight excluding hydrogens is 388 g/mol. The molecule has 3 aliphatic heterocycles. The van der Waals surface area contributed by atoms with Gasteiger partial charge in [0.1, 0.15) is 5.54 Å². The van der Waals surface area contributed by atoms with Crippen LogP contribution >= 0.6 is 11.8 Å². The van der Waals surface area contributed by atoms with E-state index in [0.29, 0.717) is 6.42 Å². The highest BCUT2D eigenvalue weighted by Crippen LogP contribution is 2.47. The van der Waals surface area contributed by atoms with Crippen LogP contribution in [0, 0.1) is 0 Å². The average Bonchev–Trinajstić information content (AvgIpc) is 3.21. The Morgan fingerprint density at radius 1 is 1.10 bits per heavy atom. The number of hydrogen-bond donors (Lipinski definition) is 1. The van der Waals surface area contributed by atoms with Gasteiger partial charge in [0.15, 0.2) is 11.5 Å². The molecule has 3 fully saturated rings. The van der Waals surface area contributed by atoms with Crippen LogP contribution in [0.1, 0.15) is 63.0 Å². The fourth-order valence-electron chi connectivity index (χ4n) is 5.19. The highest BCUT2D eigenvalue weighted by atomic mass is 32.2. The van der Waals surface area contributed by atoms with Crippen LogP contribution in [0.4, 0.5) is 0 Å². The third kappa shape index (κ3) is 3.37. The highest BCUT2D eigenvalue weighted by Gasteiger charge is 2.55. The number of likely N-dealkylation sites (tertiary alicyclic amines) is 1. The van der Waals surface area contributed by atoms with Gasteiger partial charge in [-0.2, -0.15) is 11.8 Å². The largest absolute Gasteiger partial charge is 0.454 e. The van der Waals surface area contributed by atoms with Gasteiger partial charge in [0.25, 0.3) is 0 Å². The topological polar surface area (TPSA) is 67.9 Å². The number of hydrogen-bond acceptors (Lipinski definition) is 5. The molecule has 0 aromatic heterocycles. The van der Waals surface area contributed by atoms with Gasteiger partial charge in [0, 0.05) is 6.04 Å². The van der Waals surface area contributed by atoms with Gasteiger partial charge in [-0.1, -0.05) is 25.3 Å². The lowest BCUT2D eigenvalue weighted by Gasteiger charge is -2.54. The van der Waals surface area contributed by atoms with E-state index in [9.17, 15) is 9.59 Å². The molecule has 5 rings (SSSR count). The first-order valence-electron chi connectivity index (χ1n) is 10.8. The Labute approximate surface area is 175 Å². The Hall–Kier alpha value is -1.89. The minimum absolute atomic E-state index is 0.0588. The quantitative estimate of drug-likeness (QED) is 0.762. The van der Waals surface area contributed by atoms with Crippen LogP contribution in [0.3, 0.4) is 0 Å². The zero-order chi connectivity index (χ0) is 19.8. The molecular formula is C22H28N2O4S. The predicted molar refractivity (Wildman–Crippen MR) is 111 cm³/mol. The second-order valence-electron chi connectivity index (χ2n) is 8.55. The third-order valence-corrected chi connectivity index (χ3v) is 7.86. The van der Waals surface area contributed by atoms with Crippen molar-refractivity contribution in [2.75, 3.05) is 18.3 Å². The lowest BCUT2D eigenvalue weighted by atomic mass is 9.80. The van der Waals surface area contributed by atoms with Crippen LogP contribution < -0.4 is 14.8 Å². The molecule has 1 saturated carbocycles. The fraction of sp³-hybridized carbons (Fsp3) is 0.636. The molecule has 2 saturated heterocycles. The molecule has 156 valence electrons. The molecule has 0 spiro atoms. The van der Waals surface area contributed by atoms with Gasteiger partial charge in [-0.25, -0.2) is 0 Å². The molecule has 0 bridgehead atoms. The summed E-state index contributed by atoms with van der Waals surface area (Å²) in [7, 11) is 0. The van der Waals surface area contributed by atoms with Gasteiger partial charge in [-0.15, -0.1) is 0 Å². The van der Waals surface area contributed by atoms with Gasteiger partial charge in [0.2, 0.25) is 18.6 Å². The Kier molecular flexibility index (Phi) is 5.10. The number of carbonyl (C=O) groups excluding carboxylic acids is 2.